The van der Waals surface area contributed by atoms with E-state index in [9.17, 15) is 4.39 Å². The monoisotopic (exact) mass is 213 g/mol. The Hall–Kier alpha value is -1.13. The number of likely N-dealkylation sites (N-methyl/N-ethyl adjacent to an activating group) is 1. The second-order valence-electron chi connectivity index (χ2n) is 3.28. The molecule has 0 aliphatic carbocycles. The zero-order valence-corrected chi connectivity index (χ0v) is 8.78. The maximum atomic E-state index is 13.2. The summed E-state index contributed by atoms with van der Waals surface area (Å²) >= 11 is 0. The number of aliphatic hydroxyl groups excluding tert-OH is 2. The van der Waals surface area contributed by atoms with Crippen molar-refractivity contribution < 1.29 is 14.6 Å². The highest BCUT2D eigenvalue weighted by Gasteiger charge is 2.06. The van der Waals surface area contributed by atoms with Gasteiger partial charge in [0.15, 0.2) is 0 Å². The molecule has 15 heavy (non-hydrogen) atoms. The zero-order valence-electron chi connectivity index (χ0n) is 8.78. The van der Waals surface area contributed by atoms with Gasteiger partial charge in [-0.05, 0) is 30.7 Å². The SMILES string of the molecule is CCN(CCO)c1cc(F)cc(CO)c1. The Bertz CT molecular complexity index is 317. The van der Waals surface area contributed by atoms with Crippen molar-refractivity contribution in [3.63, 3.8) is 0 Å². The first-order chi connectivity index (χ1) is 7.21. The van der Waals surface area contributed by atoms with Crippen LogP contribution in [0.2, 0.25) is 0 Å². The summed E-state index contributed by atoms with van der Waals surface area (Å²) in [5, 5.41) is 17.8. The van der Waals surface area contributed by atoms with Crippen LogP contribution in [-0.2, 0) is 6.61 Å². The van der Waals surface area contributed by atoms with Crippen LogP contribution in [0.1, 0.15) is 12.5 Å². The molecule has 0 amide bonds. The molecular formula is C11H16FNO2. The van der Waals surface area contributed by atoms with Crippen molar-refractivity contribution in [3.8, 4) is 0 Å². The number of rotatable bonds is 5. The summed E-state index contributed by atoms with van der Waals surface area (Å²) in [5.41, 5.74) is 1.23. The van der Waals surface area contributed by atoms with E-state index in [-0.39, 0.29) is 19.0 Å². The molecule has 0 heterocycles. The summed E-state index contributed by atoms with van der Waals surface area (Å²) in [6.07, 6.45) is 0. The number of aliphatic hydroxyl groups is 2. The smallest absolute Gasteiger partial charge is 0.125 e. The molecule has 0 spiro atoms. The fraction of sp³-hybridized carbons (Fsp3) is 0.455. The largest absolute Gasteiger partial charge is 0.395 e. The van der Waals surface area contributed by atoms with Gasteiger partial charge in [-0.15, -0.1) is 0 Å². The highest BCUT2D eigenvalue weighted by atomic mass is 19.1. The highest BCUT2D eigenvalue weighted by Crippen LogP contribution is 2.18. The van der Waals surface area contributed by atoms with Crippen molar-refractivity contribution >= 4 is 5.69 Å². The lowest BCUT2D eigenvalue weighted by Crippen LogP contribution is -2.26. The molecule has 2 N–H and O–H groups in total. The van der Waals surface area contributed by atoms with Gasteiger partial charge in [0.25, 0.3) is 0 Å². The van der Waals surface area contributed by atoms with Crippen LogP contribution in [0.4, 0.5) is 10.1 Å². The van der Waals surface area contributed by atoms with E-state index in [1.807, 2.05) is 11.8 Å². The van der Waals surface area contributed by atoms with E-state index >= 15 is 0 Å². The van der Waals surface area contributed by atoms with Crippen LogP contribution < -0.4 is 4.90 Å². The summed E-state index contributed by atoms with van der Waals surface area (Å²) in [7, 11) is 0. The van der Waals surface area contributed by atoms with E-state index < -0.39 is 0 Å². The van der Waals surface area contributed by atoms with Gasteiger partial charge in [0.1, 0.15) is 5.82 Å². The summed E-state index contributed by atoms with van der Waals surface area (Å²) in [6, 6.07) is 4.43. The molecule has 84 valence electrons. The van der Waals surface area contributed by atoms with E-state index in [0.717, 1.165) is 0 Å². The van der Waals surface area contributed by atoms with Crippen molar-refractivity contribution in [1.82, 2.24) is 0 Å². The van der Waals surface area contributed by atoms with Crippen molar-refractivity contribution in [1.29, 1.82) is 0 Å². The molecule has 3 nitrogen and oxygen atoms in total. The van der Waals surface area contributed by atoms with Crippen molar-refractivity contribution in [2.24, 2.45) is 0 Å². The summed E-state index contributed by atoms with van der Waals surface area (Å²) < 4.78 is 13.2. The Kier molecular flexibility index (Phi) is 4.52. The molecule has 0 fully saturated rings. The predicted molar refractivity (Wildman–Crippen MR) is 57.3 cm³/mol. The molecule has 0 atom stereocenters. The molecule has 0 saturated carbocycles. The molecule has 0 bridgehead atoms. The van der Waals surface area contributed by atoms with Gasteiger partial charge in [-0.25, -0.2) is 4.39 Å². The Morgan fingerprint density at radius 2 is 2.00 bits per heavy atom. The van der Waals surface area contributed by atoms with Crippen LogP contribution in [0.3, 0.4) is 0 Å². The van der Waals surface area contributed by atoms with Crippen LogP contribution in [0.25, 0.3) is 0 Å². The number of nitrogens with zero attached hydrogens (tertiary/aromatic N) is 1. The third-order valence-corrected chi connectivity index (χ3v) is 2.24. The van der Waals surface area contributed by atoms with Gasteiger partial charge in [0.2, 0.25) is 0 Å². The Morgan fingerprint density at radius 3 is 2.53 bits per heavy atom. The minimum atomic E-state index is -0.368. The van der Waals surface area contributed by atoms with Gasteiger partial charge in [0.05, 0.1) is 13.2 Å². The van der Waals surface area contributed by atoms with Crippen LogP contribution in [0, 0.1) is 5.82 Å². The molecule has 0 aromatic heterocycles. The van der Waals surface area contributed by atoms with E-state index in [4.69, 9.17) is 10.2 Å². The molecule has 1 rings (SSSR count). The molecule has 4 heteroatoms. The molecule has 0 unspecified atom stereocenters. The average Bonchev–Trinajstić information content (AvgIpc) is 2.24. The maximum absolute atomic E-state index is 13.2. The van der Waals surface area contributed by atoms with Crippen LogP contribution in [0.15, 0.2) is 18.2 Å². The van der Waals surface area contributed by atoms with E-state index in [1.165, 1.54) is 12.1 Å². The van der Waals surface area contributed by atoms with E-state index in [2.05, 4.69) is 0 Å². The number of hydrogen-bond donors (Lipinski definition) is 2. The van der Waals surface area contributed by atoms with Gasteiger partial charge in [-0.1, -0.05) is 0 Å². The van der Waals surface area contributed by atoms with E-state index in [1.54, 1.807) is 6.07 Å². The van der Waals surface area contributed by atoms with Crippen LogP contribution in [-0.4, -0.2) is 29.9 Å². The third kappa shape index (κ3) is 3.18. The number of benzene rings is 1. The van der Waals surface area contributed by atoms with Crippen LogP contribution in [0.5, 0.6) is 0 Å². The lowest BCUT2D eigenvalue weighted by atomic mass is 10.2. The minimum Gasteiger partial charge on any atom is -0.395 e. The van der Waals surface area contributed by atoms with Gasteiger partial charge in [-0.2, -0.15) is 0 Å². The maximum Gasteiger partial charge on any atom is 0.125 e. The zero-order chi connectivity index (χ0) is 11.3. The van der Waals surface area contributed by atoms with Crippen molar-refractivity contribution in [2.45, 2.75) is 13.5 Å². The van der Waals surface area contributed by atoms with Crippen LogP contribution >= 0.6 is 0 Å². The first-order valence-corrected chi connectivity index (χ1v) is 4.97. The third-order valence-electron chi connectivity index (χ3n) is 2.24. The van der Waals surface area contributed by atoms with Gasteiger partial charge < -0.3 is 15.1 Å². The summed E-state index contributed by atoms with van der Waals surface area (Å²) in [6.45, 7) is 2.93. The van der Waals surface area contributed by atoms with Gasteiger partial charge in [-0.3, -0.25) is 0 Å². The molecule has 0 aliphatic heterocycles. The molecule has 0 saturated heterocycles. The van der Waals surface area contributed by atoms with Gasteiger partial charge >= 0.3 is 0 Å². The fourth-order valence-electron chi connectivity index (χ4n) is 1.50. The lowest BCUT2D eigenvalue weighted by Gasteiger charge is -2.22. The second-order valence-corrected chi connectivity index (χ2v) is 3.28. The topological polar surface area (TPSA) is 43.7 Å². The minimum absolute atomic E-state index is 0.0266. The highest BCUT2D eigenvalue weighted by molar-refractivity contribution is 5.48. The number of anilines is 1. The molecule has 0 radical (unpaired) electrons. The van der Waals surface area contributed by atoms with E-state index in [0.29, 0.717) is 24.3 Å². The first kappa shape index (κ1) is 11.9. The molecule has 1 aromatic carbocycles. The van der Waals surface area contributed by atoms with Crippen molar-refractivity contribution in [3.05, 3.63) is 29.6 Å². The Balaban J connectivity index is 2.95. The molecule has 0 aliphatic rings. The number of hydrogen-bond acceptors (Lipinski definition) is 3. The van der Waals surface area contributed by atoms with Gasteiger partial charge in [0, 0.05) is 18.8 Å². The standard InChI is InChI=1S/C11H16FNO2/c1-2-13(3-4-14)11-6-9(8-15)5-10(12)7-11/h5-7,14-15H,2-4,8H2,1H3. The first-order valence-electron chi connectivity index (χ1n) is 4.97. The number of halogens is 1. The molecule has 1 aromatic rings. The quantitative estimate of drug-likeness (QED) is 0.770. The summed E-state index contributed by atoms with van der Waals surface area (Å²) in [4.78, 5) is 1.85. The van der Waals surface area contributed by atoms with Crippen molar-refractivity contribution in [2.75, 3.05) is 24.6 Å². The predicted octanol–water partition coefficient (Wildman–Crippen LogP) is 1.14. The second kappa shape index (κ2) is 5.68. The normalized spacial score (nSPS) is 10.4. The fourth-order valence-corrected chi connectivity index (χ4v) is 1.50. The summed E-state index contributed by atoms with van der Waals surface area (Å²) in [5.74, 6) is -0.368. The lowest BCUT2D eigenvalue weighted by molar-refractivity contribution is 0.281. The Labute approximate surface area is 88.8 Å². The molecular weight excluding hydrogens is 197 g/mol. The average molecular weight is 213 g/mol. The Morgan fingerprint density at radius 1 is 1.27 bits per heavy atom.